The Balaban J connectivity index is 1.94. The Morgan fingerprint density at radius 2 is 0.861 bits per heavy atom. The number of aliphatic imine (C=N–C) groups is 2. The second-order valence-electron chi connectivity index (χ2n) is 23.0. The monoisotopic (exact) mass is 1430 g/mol. The van der Waals surface area contributed by atoms with Crippen LogP contribution in [-0.2, 0) is 84.8 Å². The molecule has 0 spiro atoms. The van der Waals surface area contributed by atoms with E-state index in [0.717, 1.165) is 11.8 Å². The first-order valence-corrected chi connectivity index (χ1v) is 31.5. The second-order valence-corrected chi connectivity index (χ2v) is 23.0. The number of aliphatic hydroxyl groups is 2. The number of nitrogens with one attached hydrogen (secondary N) is 10. The van der Waals surface area contributed by atoms with Crippen molar-refractivity contribution in [2.75, 3.05) is 39.4 Å². The van der Waals surface area contributed by atoms with Crippen molar-refractivity contribution in [3.63, 3.8) is 0 Å². The molecule has 0 aromatic heterocycles. The number of nitrogens with two attached hydrogens (primary N) is 5. The van der Waals surface area contributed by atoms with E-state index in [0.29, 0.717) is 5.56 Å². The van der Waals surface area contributed by atoms with Crippen LogP contribution in [0.4, 0.5) is 0 Å². The average Bonchev–Trinajstić information content (AvgIpc) is 1.76. The first kappa shape index (κ1) is 83.7. The van der Waals surface area contributed by atoms with Gasteiger partial charge in [-0.15, -0.1) is 0 Å². The van der Waals surface area contributed by atoms with E-state index in [9.17, 15) is 113 Å². The molecule has 556 valence electrons. The molecule has 11 atom stereocenters. The summed E-state index contributed by atoms with van der Waals surface area (Å²) in [5, 5.41) is 102. The predicted octanol–water partition coefficient (Wildman–Crippen LogP) is -8.92. The number of aliphatic hydroxyl groups excluding tert-OH is 2. The van der Waals surface area contributed by atoms with Crippen molar-refractivity contribution in [2.24, 2.45) is 38.7 Å². The van der Waals surface area contributed by atoms with Gasteiger partial charge in [0.05, 0.1) is 26.2 Å². The van der Waals surface area contributed by atoms with Crippen LogP contribution in [0.5, 0.6) is 11.5 Å². The highest BCUT2D eigenvalue weighted by Gasteiger charge is 2.41. The molecule has 0 aliphatic carbocycles. The molecule has 0 radical (unpaired) electrons. The third-order valence-corrected chi connectivity index (χ3v) is 15.1. The van der Waals surface area contributed by atoms with Gasteiger partial charge in [0.15, 0.2) is 11.9 Å². The van der Waals surface area contributed by atoms with E-state index in [1.54, 1.807) is 0 Å². The Bertz CT molecular complexity index is 3310. The summed E-state index contributed by atoms with van der Waals surface area (Å²) in [5.41, 5.74) is 27.5. The van der Waals surface area contributed by atoms with Gasteiger partial charge in [0.2, 0.25) is 65.0 Å². The van der Waals surface area contributed by atoms with Crippen LogP contribution in [-0.4, -0.2) is 252 Å². The minimum Gasteiger partial charge on any atom is -0.508 e. The van der Waals surface area contributed by atoms with Gasteiger partial charge in [0, 0.05) is 45.3 Å². The summed E-state index contributed by atoms with van der Waals surface area (Å²) in [5.74, 6) is -19.8. The molecule has 11 unspecified atom stereocenters. The van der Waals surface area contributed by atoms with Crippen LogP contribution in [0.3, 0.4) is 0 Å². The highest BCUT2D eigenvalue weighted by atomic mass is 16.4. The van der Waals surface area contributed by atoms with Gasteiger partial charge in [0.1, 0.15) is 78.0 Å². The van der Waals surface area contributed by atoms with Gasteiger partial charge < -0.3 is 128 Å². The van der Waals surface area contributed by atoms with Gasteiger partial charge in [-0.1, -0.05) is 24.3 Å². The largest absolute Gasteiger partial charge is 0.508 e. The van der Waals surface area contributed by atoms with Gasteiger partial charge in [-0.3, -0.25) is 77.1 Å². The normalized spacial score (nSPS) is 15.3. The molecule has 2 aromatic carbocycles. The number of carbonyl (C=O) groups excluding carboxylic acids is 11. The number of amides is 11. The van der Waals surface area contributed by atoms with Crippen LogP contribution in [0.25, 0.3) is 0 Å². The van der Waals surface area contributed by atoms with Crippen LogP contribution in [0, 0.1) is 0 Å². The number of phenols is 2. The molecule has 3 rings (SSSR count). The number of likely N-dealkylation sites (tertiary alicyclic amines) is 1. The predicted molar refractivity (Wildman–Crippen MR) is 350 cm³/mol. The van der Waals surface area contributed by atoms with Crippen molar-refractivity contribution in [1.82, 2.24) is 58.1 Å². The van der Waals surface area contributed by atoms with Crippen LogP contribution in [0.2, 0.25) is 0 Å². The summed E-state index contributed by atoms with van der Waals surface area (Å²) in [6.45, 7) is -1.74. The minimum absolute atomic E-state index is 0.00926. The van der Waals surface area contributed by atoms with Gasteiger partial charge in [-0.25, -0.2) is 4.79 Å². The molecule has 2 aromatic rings. The maximum Gasteiger partial charge on any atom is 0.328 e. The number of phenolic OH excluding ortho intramolecular Hbond substituents is 2. The number of nitrogens with zero attached hydrogens (tertiary/aromatic N) is 3. The van der Waals surface area contributed by atoms with Crippen molar-refractivity contribution in [2.45, 2.75) is 157 Å². The zero-order valence-electron chi connectivity index (χ0n) is 54.8. The summed E-state index contributed by atoms with van der Waals surface area (Å²) in [7, 11) is 0. The average molecular weight is 1430 g/mol. The van der Waals surface area contributed by atoms with Gasteiger partial charge in [-0.05, 0) is 93.7 Å². The molecule has 0 bridgehead atoms. The highest BCUT2D eigenvalue weighted by molar-refractivity contribution is 6.00. The van der Waals surface area contributed by atoms with Crippen molar-refractivity contribution in [3.05, 3.63) is 59.7 Å². The van der Waals surface area contributed by atoms with Crippen molar-refractivity contribution < 1.29 is 113 Å². The topological polar surface area (TPSA) is 696 Å². The van der Waals surface area contributed by atoms with E-state index in [1.807, 2.05) is 0 Å². The summed E-state index contributed by atoms with van der Waals surface area (Å²) >= 11 is 0. The molecular weight excluding hydrogens is 1340 g/mol. The minimum atomic E-state index is -2.20. The zero-order chi connectivity index (χ0) is 75.6. The molecule has 0 saturated carbocycles. The number of hydrogen-bond acceptors (Lipinski definition) is 22. The molecule has 41 heteroatoms. The standard InChI is InChI=1S/C60H88N18O23/c1-29(68-55(97)41(27-79)76-50(92)35(6-3-21-67-60(64)65)71-49(91)34(69-44(83)26-61)5-2-20-66-59(62)63)48(90)70-36(16-18-45(84)85)51(93)74-39(25-47(88)89)54(96)73-38(23-30-8-12-32(81)13-9-30)53(95)72-37(17-19-46(86)87)52(94)75-40(24-31-10-14-33(82)15-11-31)57(99)78-22-4-7-43(78)56(98)77-42(28-80)58(100)101/h8-15,29,34-43,79-82H,2-7,16-28,61H2,1H3,(H,68,97)(H,69,83)(H,70,90)(H,71,91)(H,72,95)(H,73,96)(H,74,93)(H,75,94)(H,76,92)(H,77,98)(H,84,85)(H,86,87)(H,88,89)(H,100,101)(H4,62,63,66)(H4,64,65,67). The van der Waals surface area contributed by atoms with Gasteiger partial charge >= 0.3 is 23.9 Å². The molecule has 101 heavy (non-hydrogen) atoms. The number of carboxylic acid groups (broad SMARTS) is 4. The lowest BCUT2D eigenvalue weighted by molar-refractivity contribution is -0.146. The van der Waals surface area contributed by atoms with E-state index in [-0.39, 0.29) is 93.6 Å². The Hall–Kier alpha value is -11.5. The number of guanidine groups is 2. The molecule has 1 saturated heterocycles. The number of benzene rings is 2. The number of aliphatic carboxylic acids is 4. The van der Waals surface area contributed by atoms with Gasteiger partial charge in [0.25, 0.3) is 0 Å². The van der Waals surface area contributed by atoms with Crippen LogP contribution >= 0.6 is 0 Å². The number of aromatic hydroxyl groups is 2. The molecule has 1 aliphatic rings. The summed E-state index contributed by atoms with van der Waals surface area (Å²) in [4.78, 5) is 209. The fourth-order valence-corrected chi connectivity index (χ4v) is 9.86. The summed E-state index contributed by atoms with van der Waals surface area (Å²) in [6.07, 6.45) is -5.24. The molecule has 11 amide bonds. The van der Waals surface area contributed by atoms with Crippen LogP contribution in [0.1, 0.15) is 88.7 Å². The van der Waals surface area contributed by atoms with Crippen LogP contribution < -0.4 is 81.8 Å². The SMILES string of the molecule is CC(NC(=O)C(CO)NC(=O)C(CCCN=C(N)N)NC(=O)C(CCCN=C(N)N)NC(=O)CN)C(=O)NC(CCC(=O)O)C(=O)NC(CC(=O)O)C(=O)NC(Cc1ccc(O)cc1)C(=O)NC(CCC(=O)O)C(=O)NC(Cc1ccc(O)cc1)C(=O)N1CCCC1C(=O)NC(CO)C(=O)O. The van der Waals surface area contributed by atoms with Crippen molar-refractivity contribution in [3.8, 4) is 11.5 Å². The van der Waals surface area contributed by atoms with Crippen molar-refractivity contribution in [1.29, 1.82) is 0 Å². The lowest BCUT2D eigenvalue weighted by Gasteiger charge is -2.30. The van der Waals surface area contributed by atoms with E-state index in [4.69, 9.17) is 28.7 Å². The maximum absolute atomic E-state index is 14.6. The fraction of sp³-hybridized carbons (Fsp3) is 0.517. The molecule has 1 fully saturated rings. The number of carbonyl (C=O) groups is 15. The Labute approximate surface area is 576 Å². The molecule has 41 nitrogen and oxygen atoms in total. The Morgan fingerprint density at radius 1 is 0.475 bits per heavy atom. The third-order valence-electron chi connectivity index (χ3n) is 15.1. The van der Waals surface area contributed by atoms with E-state index >= 15 is 0 Å². The Morgan fingerprint density at radius 3 is 1.30 bits per heavy atom. The highest BCUT2D eigenvalue weighted by Crippen LogP contribution is 2.22. The number of hydrogen-bond donors (Lipinski definition) is 23. The molecule has 1 heterocycles. The lowest BCUT2D eigenvalue weighted by atomic mass is 10.0. The molecule has 28 N–H and O–H groups in total. The number of rotatable bonds is 44. The smallest absolute Gasteiger partial charge is 0.328 e. The second kappa shape index (κ2) is 42.4. The maximum atomic E-state index is 14.6. The fourth-order valence-electron chi connectivity index (χ4n) is 9.86. The summed E-state index contributed by atoms with van der Waals surface area (Å²) < 4.78 is 0. The molecule has 1 aliphatic heterocycles. The summed E-state index contributed by atoms with van der Waals surface area (Å²) in [6, 6.07) is -8.90. The zero-order valence-corrected chi connectivity index (χ0v) is 54.8. The van der Waals surface area contributed by atoms with E-state index < -0.39 is 214 Å². The Kier molecular flexibility index (Phi) is 35.1. The first-order valence-electron chi connectivity index (χ1n) is 31.5. The van der Waals surface area contributed by atoms with Crippen molar-refractivity contribution >= 4 is 101 Å². The van der Waals surface area contributed by atoms with Gasteiger partial charge in [-0.2, -0.15) is 0 Å². The van der Waals surface area contributed by atoms with E-state index in [2.05, 4.69) is 63.2 Å². The first-order chi connectivity index (χ1) is 47.7. The quantitative estimate of drug-likeness (QED) is 0.0166. The van der Waals surface area contributed by atoms with E-state index in [1.165, 1.54) is 48.5 Å². The molecular formula is C60H88N18O23. The lowest BCUT2D eigenvalue weighted by Crippen LogP contribution is -2.61. The third kappa shape index (κ3) is 30.0. The van der Waals surface area contributed by atoms with Crippen LogP contribution in [0.15, 0.2) is 58.5 Å². The number of carboxylic acids is 4.